The normalized spacial score (nSPS) is 38.0. The van der Waals surface area contributed by atoms with Gasteiger partial charge < -0.3 is 34.5 Å². The van der Waals surface area contributed by atoms with Crippen molar-refractivity contribution >= 4 is 6.09 Å². The zero-order chi connectivity index (χ0) is 26.8. The average Bonchev–Trinajstić information content (AvgIpc) is 3.72. The minimum absolute atomic E-state index is 0.00466. The van der Waals surface area contributed by atoms with Crippen molar-refractivity contribution in [1.29, 1.82) is 0 Å². The summed E-state index contributed by atoms with van der Waals surface area (Å²) < 4.78 is 24.4. The lowest BCUT2D eigenvalue weighted by molar-refractivity contribution is -0.118. The van der Waals surface area contributed by atoms with Crippen molar-refractivity contribution < 1.29 is 23.7 Å². The Balaban J connectivity index is 1.31. The minimum Gasteiger partial charge on any atom is -0.443 e. The standard InChI is InChI=1S/C29H51N3O5/c1-19(2)10-11-24-28(5,37-24)26-25(34-7)23(12-14-29(26)18-35-29)36-27(33)31-22(20(3)4)17-30-15-13-21-9-8-16-32(21)6/h10,20-26,30H,8-9,11-18H2,1-7H3,(H,31,33)/t21?,22-,23+,24+,25+,26+,28-,29-/m0/s1. The summed E-state index contributed by atoms with van der Waals surface area (Å²) in [5, 5.41) is 6.70. The first kappa shape index (κ1) is 28.8. The quantitative estimate of drug-likeness (QED) is 0.229. The Labute approximate surface area is 224 Å². The molecule has 37 heavy (non-hydrogen) atoms. The van der Waals surface area contributed by atoms with Crippen molar-refractivity contribution in [3.8, 4) is 0 Å². The van der Waals surface area contributed by atoms with Gasteiger partial charge >= 0.3 is 6.09 Å². The fourth-order valence-electron chi connectivity index (χ4n) is 6.72. The van der Waals surface area contributed by atoms with Gasteiger partial charge in [0.2, 0.25) is 0 Å². The molecule has 0 aromatic heterocycles. The van der Waals surface area contributed by atoms with Gasteiger partial charge in [-0.25, -0.2) is 4.79 Å². The van der Waals surface area contributed by atoms with Crippen LogP contribution in [0.1, 0.15) is 73.1 Å². The van der Waals surface area contributed by atoms with Gasteiger partial charge in [0.1, 0.15) is 23.4 Å². The molecule has 3 heterocycles. The van der Waals surface area contributed by atoms with Crippen LogP contribution in [0.15, 0.2) is 11.6 Å². The number of nitrogens with zero attached hydrogens (tertiary/aromatic N) is 1. The van der Waals surface area contributed by atoms with E-state index in [0.717, 1.165) is 45.4 Å². The molecule has 1 amide bonds. The summed E-state index contributed by atoms with van der Waals surface area (Å²) in [7, 11) is 3.93. The summed E-state index contributed by atoms with van der Waals surface area (Å²) >= 11 is 0. The van der Waals surface area contributed by atoms with Gasteiger partial charge in [-0.1, -0.05) is 25.5 Å². The van der Waals surface area contributed by atoms with Crippen molar-refractivity contribution in [3.05, 3.63) is 11.6 Å². The smallest absolute Gasteiger partial charge is 0.407 e. The minimum atomic E-state index is -0.363. The third kappa shape index (κ3) is 6.70. The molecule has 2 N–H and O–H groups in total. The van der Waals surface area contributed by atoms with E-state index >= 15 is 0 Å². The highest BCUT2D eigenvalue weighted by Gasteiger charge is 2.72. The molecule has 3 aliphatic heterocycles. The van der Waals surface area contributed by atoms with Gasteiger partial charge in [-0.05, 0) is 85.4 Å². The zero-order valence-electron chi connectivity index (χ0n) is 24.2. The van der Waals surface area contributed by atoms with Crippen molar-refractivity contribution in [3.63, 3.8) is 0 Å². The molecule has 4 rings (SSSR count). The molecule has 0 bridgehead atoms. The lowest BCUT2D eigenvalue weighted by Gasteiger charge is -2.42. The highest BCUT2D eigenvalue weighted by atomic mass is 16.6. The molecule has 1 spiro atoms. The number of alkyl carbamates (subject to hydrolysis) is 1. The maximum atomic E-state index is 13.1. The number of nitrogens with one attached hydrogen (secondary N) is 2. The molecule has 4 fully saturated rings. The summed E-state index contributed by atoms with van der Waals surface area (Å²) in [6, 6.07) is 0.677. The van der Waals surface area contributed by atoms with Crippen LogP contribution < -0.4 is 10.6 Å². The fraction of sp³-hybridized carbons (Fsp3) is 0.897. The molecule has 8 heteroatoms. The number of ether oxygens (including phenoxy) is 4. The summed E-state index contributed by atoms with van der Waals surface area (Å²) in [6.45, 7) is 14.3. The molecular formula is C29H51N3O5. The monoisotopic (exact) mass is 521 g/mol. The van der Waals surface area contributed by atoms with Gasteiger partial charge in [0.15, 0.2) is 0 Å². The molecule has 0 radical (unpaired) electrons. The van der Waals surface area contributed by atoms with E-state index in [1.165, 1.54) is 25.0 Å². The second-order valence-corrected chi connectivity index (χ2v) is 12.6. The number of hydrogen-bond donors (Lipinski definition) is 2. The van der Waals surface area contributed by atoms with E-state index < -0.39 is 0 Å². The van der Waals surface area contributed by atoms with Crippen LogP contribution in [0.4, 0.5) is 4.79 Å². The van der Waals surface area contributed by atoms with Gasteiger partial charge in [-0.15, -0.1) is 0 Å². The number of allylic oxidation sites excluding steroid dienone is 1. The lowest BCUT2D eigenvalue weighted by Crippen LogP contribution is -2.56. The molecule has 4 aliphatic rings. The van der Waals surface area contributed by atoms with Crippen LogP contribution in [-0.4, -0.2) is 93.0 Å². The van der Waals surface area contributed by atoms with Crippen LogP contribution >= 0.6 is 0 Å². The molecule has 8 nitrogen and oxygen atoms in total. The van der Waals surface area contributed by atoms with E-state index in [1.807, 2.05) is 0 Å². The molecule has 8 atom stereocenters. The Morgan fingerprint density at radius 1 is 1.27 bits per heavy atom. The van der Waals surface area contributed by atoms with E-state index in [2.05, 4.69) is 63.3 Å². The van der Waals surface area contributed by atoms with Gasteiger partial charge in [-0.2, -0.15) is 0 Å². The summed E-state index contributed by atoms with van der Waals surface area (Å²) in [6.07, 6.45) is 7.61. The molecule has 3 saturated heterocycles. The van der Waals surface area contributed by atoms with Crippen molar-refractivity contribution in [1.82, 2.24) is 15.5 Å². The Bertz CT molecular complexity index is 811. The van der Waals surface area contributed by atoms with Crippen LogP contribution in [-0.2, 0) is 18.9 Å². The molecule has 1 saturated carbocycles. The SMILES string of the molecule is CO[C@@H]1[C@H](OC(=O)N[C@@H](CNCCC2CCCN2C)C(C)C)CC[C@]2(CO2)[C@H]1[C@@]1(C)O[C@@H]1CC=C(C)C. The van der Waals surface area contributed by atoms with E-state index in [9.17, 15) is 4.79 Å². The molecule has 212 valence electrons. The van der Waals surface area contributed by atoms with E-state index in [0.29, 0.717) is 12.0 Å². The van der Waals surface area contributed by atoms with Crippen LogP contribution in [0.5, 0.6) is 0 Å². The maximum absolute atomic E-state index is 13.1. The number of rotatable bonds is 12. The second kappa shape index (κ2) is 11.9. The first-order valence-corrected chi connectivity index (χ1v) is 14.5. The molecule has 1 aliphatic carbocycles. The largest absolute Gasteiger partial charge is 0.443 e. The number of carbonyl (C=O) groups is 1. The van der Waals surface area contributed by atoms with Gasteiger partial charge in [-0.3, -0.25) is 0 Å². The van der Waals surface area contributed by atoms with Gasteiger partial charge in [0.05, 0.1) is 18.6 Å². The highest BCUT2D eigenvalue weighted by molar-refractivity contribution is 5.68. The van der Waals surface area contributed by atoms with Crippen LogP contribution in [0.2, 0.25) is 0 Å². The third-order valence-electron chi connectivity index (χ3n) is 9.29. The van der Waals surface area contributed by atoms with Crippen molar-refractivity contribution in [2.75, 3.05) is 40.4 Å². The van der Waals surface area contributed by atoms with Gasteiger partial charge in [0.25, 0.3) is 0 Å². The van der Waals surface area contributed by atoms with E-state index in [4.69, 9.17) is 18.9 Å². The molecule has 0 aromatic rings. The predicted octanol–water partition coefficient (Wildman–Crippen LogP) is 3.89. The molecule has 1 unspecified atom stereocenters. The lowest BCUT2D eigenvalue weighted by atomic mass is 9.68. The first-order chi connectivity index (χ1) is 17.6. The number of carbonyl (C=O) groups excluding carboxylic acids is 1. The van der Waals surface area contributed by atoms with E-state index in [1.54, 1.807) is 7.11 Å². The summed E-state index contributed by atoms with van der Waals surface area (Å²) in [4.78, 5) is 15.5. The topological polar surface area (TPSA) is 87.9 Å². The maximum Gasteiger partial charge on any atom is 0.407 e. The molecule has 0 aromatic carbocycles. The number of methoxy groups -OCH3 is 1. The number of epoxide rings is 2. The summed E-state index contributed by atoms with van der Waals surface area (Å²) in [5.74, 6) is 0.327. The van der Waals surface area contributed by atoms with Crippen LogP contribution in [0, 0.1) is 11.8 Å². The number of hydrogen-bond acceptors (Lipinski definition) is 7. The Hall–Kier alpha value is -1.19. The predicted molar refractivity (Wildman–Crippen MR) is 145 cm³/mol. The third-order valence-corrected chi connectivity index (χ3v) is 9.29. The number of amides is 1. The van der Waals surface area contributed by atoms with E-state index in [-0.39, 0.29) is 47.6 Å². The van der Waals surface area contributed by atoms with Crippen LogP contribution in [0.25, 0.3) is 0 Å². The first-order valence-electron chi connectivity index (χ1n) is 14.5. The fourth-order valence-corrected chi connectivity index (χ4v) is 6.72. The number of likely N-dealkylation sites (tertiary alicyclic amines) is 1. The van der Waals surface area contributed by atoms with Crippen molar-refractivity contribution in [2.45, 2.75) is 115 Å². The zero-order valence-corrected chi connectivity index (χ0v) is 24.2. The highest BCUT2D eigenvalue weighted by Crippen LogP contribution is 2.59. The average molecular weight is 522 g/mol. The Morgan fingerprint density at radius 3 is 2.62 bits per heavy atom. The van der Waals surface area contributed by atoms with Crippen molar-refractivity contribution in [2.24, 2.45) is 11.8 Å². The van der Waals surface area contributed by atoms with Crippen LogP contribution in [0.3, 0.4) is 0 Å². The molecular weight excluding hydrogens is 470 g/mol. The second-order valence-electron chi connectivity index (χ2n) is 12.6. The summed E-state index contributed by atoms with van der Waals surface area (Å²) in [5.41, 5.74) is 0.739. The van der Waals surface area contributed by atoms with Gasteiger partial charge in [0, 0.05) is 25.7 Å². The Morgan fingerprint density at radius 2 is 2.03 bits per heavy atom. The Kier molecular flexibility index (Phi) is 9.27.